The maximum atomic E-state index is 13.3. The normalized spacial score (nSPS) is 21.0. The second kappa shape index (κ2) is 12.3. The number of carbonyl (C=O) groups excluding carboxylic acids is 1. The monoisotopic (exact) mass is 590 g/mol. The molecule has 1 atom stereocenters. The molecule has 4 rings (SSSR count). The summed E-state index contributed by atoms with van der Waals surface area (Å²) in [6.07, 6.45) is -7.65. The Morgan fingerprint density at radius 2 is 1.54 bits per heavy atom. The van der Waals surface area contributed by atoms with E-state index in [9.17, 15) is 31.1 Å². The van der Waals surface area contributed by atoms with Crippen molar-refractivity contribution < 1.29 is 46.3 Å². The minimum atomic E-state index is -4.78. The number of alkyl halides is 6. The summed E-state index contributed by atoms with van der Waals surface area (Å²) in [5, 5.41) is 20.7. The predicted molar refractivity (Wildman–Crippen MR) is 138 cm³/mol. The molecule has 1 amide bonds. The molecule has 2 aromatic carbocycles. The van der Waals surface area contributed by atoms with Gasteiger partial charge in [-0.1, -0.05) is 0 Å². The standard InChI is InChI=1S/C27H32F6N4O4/c1-17(25(38)36-14-12-35(13-15-36)21-7-2-18(3-8-21)26(28,29)30)41-22-9-4-19(5-10-22)34-20-6-11-24(37(39)40)23(16-20)27(31,32)33/h2-3,6-8,11,16-17,19,22,34,39-40H,4-5,9-10,12-15H2,1H3. The van der Waals surface area contributed by atoms with E-state index < -0.39 is 40.5 Å². The highest BCUT2D eigenvalue weighted by atomic mass is 19.4. The van der Waals surface area contributed by atoms with E-state index in [1.807, 2.05) is 4.90 Å². The molecule has 1 aliphatic heterocycles. The van der Waals surface area contributed by atoms with Crippen molar-refractivity contribution in [3.63, 3.8) is 0 Å². The number of halogens is 6. The van der Waals surface area contributed by atoms with Gasteiger partial charge in [0.15, 0.2) is 0 Å². The summed E-state index contributed by atoms with van der Waals surface area (Å²) in [6, 6.07) is 7.96. The van der Waals surface area contributed by atoms with Gasteiger partial charge in [0.1, 0.15) is 11.8 Å². The van der Waals surface area contributed by atoms with Crippen LogP contribution in [0.1, 0.15) is 43.7 Å². The highest BCUT2D eigenvalue weighted by molar-refractivity contribution is 5.81. The van der Waals surface area contributed by atoms with Gasteiger partial charge >= 0.3 is 12.4 Å². The minimum absolute atomic E-state index is 0.120. The molecule has 0 bridgehead atoms. The number of hydrogen-bond acceptors (Lipinski definition) is 7. The quantitative estimate of drug-likeness (QED) is 0.278. The van der Waals surface area contributed by atoms with Crippen LogP contribution in [0.4, 0.5) is 43.4 Å². The van der Waals surface area contributed by atoms with Gasteiger partial charge in [-0.25, -0.2) is 0 Å². The number of carbonyl (C=O) groups is 1. The molecule has 2 aliphatic rings. The highest BCUT2D eigenvalue weighted by Gasteiger charge is 2.36. The summed E-state index contributed by atoms with van der Waals surface area (Å²) >= 11 is 0. The number of amides is 1. The van der Waals surface area contributed by atoms with Crippen LogP contribution in [-0.4, -0.2) is 65.7 Å². The van der Waals surface area contributed by atoms with Crippen molar-refractivity contribution >= 4 is 23.0 Å². The SMILES string of the molecule is CC(OC1CCC(Nc2ccc(N(O)O)c(C(F)(F)F)c2)CC1)C(=O)N1CCN(c2ccc(C(F)(F)F)cc2)CC1. The Kier molecular flexibility index (Phi) is 9.24. The van der Waals surface area contributed by atoms with E-state index in [2.05, 4.69) is 5.32 Å². The molecule has 14 heteroatoms. The highest BCUT2D eigenvalue weighted by Crippen LogP contribution is 2.38. The fourth-order valence-electron chi connectivity index (χ4n) is 5.26. The number of rotatable bonds is 7. The van der Waals surface area contributed by atoms with Crippen LogP contribution < -0.4 is 15.4 Å². The molecule has 1 heterocycles. The Balaban J connectivity index is 1.22. The van der Waals surface area contributed by atoms with Crippen molar-refractivity contribution in [3.8, 4) is 0 Å². The van der Waals surface area contributed by atoms with Crippen LogP contribution >= 0.6 is 0 Å². The Morgan fingerprint density at radius 1 is 0.927 bits per heavy atom. The molecule has 8 nitrogen and oxygen atoms in total. The number of nitrogens with zero attached hydrogens (tertiary/aromatic N) is 3. The van der Waals surface area contributed by atoms with Gasteiger partial charge in [0, 0.05) is 43.6 Å². The van der Waals surface area contributed by atoms with Gasteiger partial charge in [0.2, 0.25) is 0 Å². The van der Waals surface area contributed by atoms with Crippen LogP contribution in [0, 0.1) is 0 Å². The topological polar surface area (TPSA) is 88.5 Å². The number of ether oxygens (including phenoxy) is 1. The van der Waals surface area contributed by atoms with Crippen molar-refractivity contribution in [1.82, 2.24) is 4.90 Å². The number of benzene rings is 2. The van der Waals surface area contributed by atoms with Gasteiger partial charge in [0.05, 0.1) is 17.2 Å². The number of hydrogen-bond donors (Lipinski definition) is 3. The average Bonchev–Trinajstić information content (AvgIpc) is 2.93. The molecule has 1 saturated carbocycles. The fraction of sp³-hybridized carbons (Fsp3) is 0.519. The lowest BCUT2D eigenvalue weighted by Gasteiger charge is -2.38. The smallest absolute Gasteiger partial charge is 0.382 e. The summed E-state index contributed by atoms with van der Waals surface area (Å²) in [6.45, 7) is 3.46. The third kappa shape index (κ3) is 7.74. The molecule has 1 unspecified atom stereocenters. The van der Waals surface area contributed by atoms with Crippen LogP contribution in [0.2, 0.25) is 0 Å². The second-order valence-corrected chi connectivity index (χ2v) is 10.3. The van der Waals surface area contributed by atoms with Crippen LogP contribution in [0.5, 0.6) is 0 Å². The van der Waals surface area contributed by atoms with Gasteiger partial charge in [-0.2, -0.15) is 26.3 Å². The maximum Gasteiger partial charge on any atom is 0.418 e. The van der Waals surface area contributed by atoms with E-state index in [0.717, 1.165) is 24.3 Å². The lowest BCUT2D eigenvalue weighted by molar-refractivity contribution is -0.147. The average molecular weight is 591 g/mol. The van der Waals surface area contributed by atoms with Crippen LogP contribution in [0.25, 0.3) is 0 Å². The molecular formula is C27H32F6N4O4. The van der Waals surface area contributed by atoms with Crippen molar-refractivity contribution in [2.24, 2.45) is 0 Å². The zero-order chi connectivity index (χ0) is 29.9. The van der Waals surface area contributed by atoms with Gasteiger partial charge in [-0.15, -0.1) is 5.23 Å². The Hall–Kier alpha value is -3.23. The zero-order valence-electron chi connectivity index (χ0n) is 22.3. The first-order valence-corrected chi connectivity index (χ1v) is 13.2. The van der Waals surface area contributed by atoms with E-state index in [4.69, 9.17) is 15.2 Å². The first-order chi connectivity index (χ1) is 19.2. The van der Waals surface area contributed by atoms with Crippen molar-refractivity contribution in [2.45, 2.75) is 63.2 Å². The van der Waals surface area contributed by atoms with Gasteiger partial charge < -0.3 is 19.9 Å². The Morgan fingerprint density at radius 3 is 2.07 bits per heavy atom. The molecule has 0 spiro atoms. The molecule has 41 heavy (non-hydrogen) atoms. The lowest BCUT2D eigenvalue weighted by Crippen LogP contribution is -2.52. The van der Waals surface area contributed by atoms with E-state index in [1.54, 1.807) is 11.8 Å². The van der Waals surface area contributed by atoms with Crippen molar-refractivity contribution in [1.29, 1.82) is 0 Å². The van der Waals surface area contributed by atoms with Crippen molar-refractivity contribution in [3.05, 3.63) is 53.6 Å². The largest absolute Gasteiger partial charge is 0.418 e. The molecule has 1 aliphatic carbocycles. The number of anilines is 3. The molecular weight excluding hydrogens is 558 g/mol. The molecule has 1 saturated heterocycles. The van der Waals surface area contributed by atoms with Gasteiger partial charge in [0.25, 0.3) is 5.91 Å². The Bertz CT molecular complexity index is 1180. The molecule has 3 N–H and O–H groups in total. The van der Waals surface area contributed by atoms with E-state index >= 15 is 0 Å². The lowest BCUT2D eigenvalue weighted by atomic mass is 9.92. The van der Waals surface area contributed by atoms with Gasteiger partial charge in [-0.3, -0.25) is 15.2 Å². The number of piperazine rings is 1. The summed E-state index contributed by atoms with van der Waals surface area (Å²) < 4.78 is 84.4. The third-order valence-electron chi connectivity index (χ3n) is 7.46. The molecule has 2 fully saturated rings. The molecule has 0 radical (unpaired) electrons. The summed E-state index contributed by atoms with van der Waals surface area (Å²) in [7, 11) is 0. The Labute approximate surface area is 233 Å². The van der Waals surface area contributed by atoms with E-state index in [-0.39, 0.29) is 23.7 Å². The minimum Gasteiger partial charge on any atom is -0.382 e. The third-order valence-corrected chi connectivity index (χ3v) is 7.46. The van der Waals surface area contributed by atoms with Crippen LogP contribution in [0.15, 0.2) is 42.5 Å². The fourth-order valence-corrected chi connectivity index (χ4v) is 5.26. The summed E-state index contributed by atoms with van der Waals surface area (Å²) in [4.78, 5) is 16.6. The summed E-state index contributed by atoms with van der Waals surface area (Å²) in [5.41, 5.74) is -1.81. The molecule has 0 aromatic heterocycles. The molecule has 2 aromatic rings. The summed E-state index contributed by atoms with van der Waals surface area (Å²) in [5.74, 6) is -0.168. The van der Waals surface area contributed by atoms with Gasteiger partial charge in [-0.05, 0) is 75.1 Å². The zero-order valence-corrected chi connectivity index (χ0v) is 22.3. The number of nitrogens with one attached hydrogen (secondary N) is 1. The maximum absolute atomic E-state index is 13.3. The van der Waals surface area contributed by atoms with Crippen LogP contribution in [0.3, 0.4) is 0 Å². The van der Waals surface area contributed by atoms with Crippen molar-refractivity contribution in [2.75, 3.05) is 41.6 Å². The first-order valence-electron chi connectivity index (χ1n) is 13.2. The molecule has 226 valence electrons. The van der Waals surface area contributed by atoms with E-state index in [0.29, 0.717) is 57.5 Å². The van der Waals surface area contributed by atoms with E-state index in [1.165, 1.54) is 18.2 Å². The second-order valence-electron chi connectivity index (χ2n) is 10.3. The predicted octanol–water partition coefficient (Wildman–Crippen LogP) is 5.79. The first kappa shape index (κ1) is 30.7. The van der Waals surface area contributed by atoms with Crippen LogP contribution in [-0.2, 0) is 21.9 Å².